The van der Waals surface area contributed by atoms with Crippen molar-refractivity contribution in [3.05, 3.63) is 57.4 Å². The van der Waals surface area contributed by atoms with E-state index in [0.29, 0.717) is 26.9 Å². The molecule has 8 nitrogen and oxygen atoms in total. The first kappa shape index (κ1) is 21.6. The van der Waals surface area contributed by atoms with E-state index in [-0.39, 0.29) is 12.5 Å². The van der Waals surface area contributed by atoms with Crippen LogP contribution in [-0.4, -0.2) is 30.8 Å². The molecule has 0 aliphatic rings. The van der Waals surface area contributed by atoms with E-state index in [1.54, 1.807) is 23.7 Å². The third kappa shape index (κ3) is 5.71. The standard InChI is InChI=1S/C20H20BrN5O3S/c1-12-5-3-4-6-15(12)24-18(27)10-29-19-14(21)7-13(8-16(19)28-2)9-23-26-20-25-17(22)11-30-20/h3-9,11H,10,22H2,1-2H3,(H,24,27)(H,25,26). The minimum absolute atomic E-state index is 0.163. The van der Waals surface area contributed by atoms with Gasteiger partial charge in [-0.3, -0.25) is 10.2 Å². The summed E-state index contributed by atoms with van der Waals surface area (Å²) in [5.41, 5.74) is 10.9. The number of carbonyl (C=O) groups excluding carboxylic acids is 1. The van der Waals surface area contributed by atoms with Crippen LogP contribution in [0.2, 0.25) is 0 Å². The molecule has 0 bridgehead atoms. The maximum absolute atomic E-state index is 12.3. The second-order valence-electron chi connectivity index (χ2n) is 6.13. The van der Waals surface area contributed by atoms with E-state index in [4.69, 9.17) is 15.2 Å². The van der Waals surface area contributed by atoms with Crippen molar-refractivity contribution >= 4 is 56.0 Å². The van der Waals surface area contributed by atoms with Gasteiger partial charge in [0.05, 0.1) is 17.8 Å². The zero-order chi connectivity index (χ0) is 21.5. The number of aromatic nitrogens is 1. The molecular weight excluding hydrogens is 470 g/mol. The Kier molecular flexibility index (Phi) is 7.26. The topological polar surface area (TPSA) is 111 Å². The lowest BCUT2D eigenvalue weighted by molar-refractivity contribution is -0.118. The molecule has 0 aliphatic heterocycles. The fourth-order valence-electron chi connectivity index (χ4n) is 2.49. The summed E-state index contributed by atoms with van der Waals surface area (Å²) < 4.78 is 11.7. The van der Waals surface area contributed by atoms with Crippen LogP contribution in [0, 0.1) is 6.92 Å². The molecule has 3 rings (SSSR count). The number of anilines is 3. The quantitative estimate of drug-likeness (QED) is 0.321. The number of aryl methyl sites for hydroxylation is 1. The lowest BCUT2D eigenvalue weighted by atomic mass is 10.2. The molecule has 0 unspecified atom stereocenters. The van der Waals surface area contributed by atoms with Gasteiger partial charge in [-0.15, -0.1) is 11.3 Å². The van der Waals surface area contributed by atoms with Gasteiger partial charge in [0.1, 0.15) is 5.82 Å². The molecule has 0 aliphatic carbocycles. The van der Waals surface area contributed by atoms with Crippen molar-refractivity contribution in [1.82, 2.24) is 4.98 Å². The number of methoxy groups -OCH3 is 1. The SMILES string of the molecule is COc1cc(C=NNc2nc(N)cs2)cc(Br)c1OCC(=O)Nc1ccccc1C. The molecule has 2 aromatic carbocycles. The molecule has 0 fully saturated rings. The summed E-state index contributed by atoms with van der Waals surface area (Å²) in [5.74, 6) is 1.06. The first-order valence-electron chi connectivity index (χ1n) is 8.82. The number of nitrogens with one attached hydrogen (secondary N) is 2. The minimum Gasteiger partial charge on any atom is -0.493 e. The number of hydrogen-bond acceptors (Lipinski definition) is 8. The van der Waals surface area contributed by atoms with Gasteiger partial charge in [-0.05, 0) is 52.2 Å². The van der Waals surface area contributed by atoms with Crippen LogP contribution in [0.4, 0.5) is 16.6 Å². The number of thiazole rings is 1. The van der Waals surface area contributed by atoms with Gasteiger partial charge in [0.25, 0.3) is 5.91 Å². The van der Waals surface area contributed by atoms with Gasteiger partial charge in [0.2, 0.25) is 5.13 Å². The number of amides is 1. The third-order valence-electron chi connectivity index (χ3n) is 3.91. The summed E-state index contributed by atoms with van der Waals surface area (Å²) in [6.07, 6.45) is 1.61. The molecule has 3 aromatic rings. The fourth-order valence-corrected chi connectivity index (χ4v) is 3.61. The monoisotopic (exact) mass is 489 g/mol. The Labute approximate surface area is 186 Å². The first-order valence-corrected chi connectivity index (χ1v) is 10.5. The highest BCUT2D eigenvalue weighted by Crippen LogP contribution is 2.36. The van der Waals surface area contributed by atoms with Crippen molar-refractivity contribution in [3.8, 4) is 11.5 Å². The number of ether oxygens (including phenoxy) is 2. The molecule has 0 radical (unpaired) electrons. The van der Waals surface area contributed by atoms with Crippen molar-refractivity contribution in [1.29, 1.82) is 0 Å². The van der Waals surface area contributed by atoms with Crippen molar-refractivity contribution in [2.45, 2.75) is 6.92 Å². The number of rotatable bonds is 8. The lowest BCUT2D eigenvalue weighted by Gasteiger charge is -2.14. The Morgan fingerprint density at radius 3 is 2.87 bits per heavy atom. The Bertz CT molecular complexity index is 1070. The number of hydrogen-bond donors (Lipinski definition) is 3. The van der Waals surface area contributed by atoms with E-state index in [9.17, 15) is 4.79 Å². The van der Waals surface area contributed by atoms with Gasteiger partial charge in [0, 0.05) is 11.1 Å². The Balaban J connectivity index is 1.64. The van der Waals surface area contributed by atoms with Crippen molar-refractivity contribution in [3.63, 3.8) is 0 Å². The smallest absolute Gasteiger partial charge is 0.262 e. The van der Waals surface area contributed by atoms with E-state index in [1.807, 2.05) is 31.2 Å². The van der Waals surface area contributed by atoms with Crippen LogP contribution in [-0.2, 0) is 4.79 Å². The van der Waals surface area contributed by atoms with Crippen molar-refractivity contribution in [2.24, 2.45) is 5.10 Å². The molecule has 0 saturated heterocycles. The second-order valence-corrected chi connectivity index (χ2v) is 7.85. The van der Waals surface area contributed by atoms with Crippen LogP contribution in [0.5, 0.6) is 11.5 Å². The molecule has 1 amide bonds. The van der Waals surface area contributed by atoms with Crippen molar-refractivity contribution in [2.75, 3.05) is 30.2 Å². The third-order valence-corrected chi connectivity index (χ3v) is 5.27. The molecule has 1 heterocycles. The highest BCUT2D eigenvalue weighted by molar-refractivity contribution is 9.10. The molecule has 0 saturated carbocycles. The normalized spacial score (nSPS) is 10.8. The molecular formula is C20H20BrN5O3S. The van der Waals surface area contributed by atoms with E-state index in [1.165, 1.54) is 18.4 Å². The molecule has 0 atom stereocenters. The van der Waals surface area contributed by atoms with Gasteiger partial charge >= 0.3 is 0 Å². The largest absolute Gasteiger partial charge is 0.493 e. The predicted octanol–water partition coefficient (Wildman–Crippen LogP) is 4.27. The van der Waals surface area contributed by atoms with E-state index in [0.717, 1.165) is 16.8 Å². The number of benzene rings is 2. The summed E-state index contributed by atoms with van der Waals surface area (Å²) in [7, 11) is 1.53. The average molecular weight is 490 g/mol. The number of carbonyl (C=O) groups is 1. The summed E-state index contributed by atoms with van der Waals surface area (Å²) >= 11 is 4.82. The number of nitrogens with zero attached hydrogens (tertiary/aromatic N) is 2. The first-order chi connectivity index (χ1) is 14.5. The molecule has 1 aromatic heterocycles. The van der Waals surface area contributed by atoms with Crippen LogP contribution >= 0.6 is 27.3 Å². The maximum Gasteiger partial charge on any atom is 0.262 e. The number of nitrogen functional groups attached to an aromatic ring is 1. The van der Waals surface area contributed by atoms with Gasteiger partial charge in [-0.25, -0.2) is 4.98 Å². The van der Waals surface area contributed by atoms with Gasteiger partial charge < -0.3 is 20.5 Å². The zero-order valence-electron chi connectivity index (χ0n) is 16.3. The predicted molar refractivity (Wildman–Crippen MR) is 124 cm³/mol. The molecule has 30 heavy (non-hydrogen) atoms. The second kappa shape index (κ2) is 10.1. The van der Waals surface area contributed by atoms with E-state index >= 15 is 0 Å². The van der Waals surface area contributed by atoms with Crippen LogP contribution in [0.1, 0.15) is 11.1 Å². The number of halogens is 1. The highest BCUT2D eigenvalue weighted by atomic mass is 79.9. The summed E-state index contributed by atoms with van der Waals surface area (Å²) in [6, 6.07) is 11.1. The van der Waals surface area contributed by atoms with E-state index < -0.39 is 0 Å². The Morgan fingerprint density at radius 2 is 2.17 bits per heavy atom. The average Bonchev–Trinajstić information content (AvgIpc) is 3.13. The molecule has 4 N–H and O–H groups in total. The Hall–Kier alpha value is -3.11. The van der Waals surface area contributed by atoms with Crippen molar-refractivity contribution < 1.29 is 14.3 Å². The molecule has 156 valence electrons. The summed E-state index contributed by atoms with van der Waals surface area (Å²) in [4.78, 5) is 16.3. The minimum atomic E-state index is -0.268. The fraction of sp³-hybridized carbons (Fsp3) is 0.150. The number of nitrogens with two attached hydrogens (primary N) is 1. The van der Waals surface area contributed by atoms with Gasteiger partial charge in [0.15, 0.2) is 18.1 Å². The molecule has 10 heteroatoms. The highest BCUT2D eigenvalue weighted by Gasteiger charge is 2.14. The number of hydrazone groups is 1. The Morgan fingerprint density at radius 1 is 1.37 bits per heavy atom. The van der Waals surface area contributed by atoms with Crippen LogP contribution < -0.4 is 25.9 Å². The lowest BCUT2D eigenvalue weighted by Crippen LogP contribution is -2.21. The zero-order valence-corrected chi connectivity index (χ0v) is 18.7. The summed E-state index contributed by atoms with van der Waals surface area (Å²) in [6.45, 7) is 1.76. The van der Waals surface area contributed by atoms with Crippen LogP contribution in [0.3, 0.4) is 0 Å². The van der Waals surface area contributed by atoms with Gasteiger partial charge in [-0.1, -0.05) is 18.2 Å². The number of para-hydroxylation sites is 1. The maximum atomic E-state index is 12.3. The van der Waals surface area contributed by atoms with Crippen LogP contribution in [0.15, 0.2) is 51.4 Å². The summed E-state index contributed by atoms with van der Waals surface area (Å²) in [5, 5.41) is 9.28. The van der Waals surface area contributed by atoms with E-state index in [2.05, 4.69) is 36.8 Å². The van der Waals surface area contributed by atoms with Crippen LogP contribution in [0.25, 0.3) is 0 Å². The van der Waals surface area contributed by atoms with Gasteiger partial charge in [-0.2, -0.15) is 5.10 Å². The molecule has 0 spiro atoms.